The number of carbonyl (C=O) groups excluding carboxylic acids is 3. The first kappa shape index (κ1) is 43.7. The van der Waals surface area contributed by atoms with Crippen LogP contribution in [0.4, 0.5) is 5.69 Å². The molecule has 0 spiro atoms. The van der Waals surface area contributed by atoms with Crippen LogP contribution in [0.15, 0.2) is 24.3 Å². The quantitative estimate of drug-likeness (QED) is 0.0237. The minimum absolute atomic E-state index is 0. The first-order valence-electron chi connectivity index (χ1n) is 11.7. The van der Waals surface area contributed by atoms with E-state index in [1.54, 1.807) is 24.3 Å². The Morgan fingerprint density at radius 1 is 1.02 bits per heavy atom. The van der Waals surface area contributed by atoms with Gasteiger partial charge >= 0.3 is 80.7 Å². The van der Waals surface area contributed by atoms with Gasteiger partial charge in [-0.1, -0.05) is 12.1 Å². The molecule has 2 atom stereocenters. The zero-order valence-electron chi connectivity index (χ0n) is 21.2. The average Bonchev–Trinajstić information content (AvgIpc) is 2.85. The van der Waals surface area contributed by atoms with Crippen molar-refractivity contribution in [2.75, 3.05) is 31.4 Å². The fourth-order valence-corrected chi connectivity index (χ4v) is 6.51. The van der Waals surface area contributed by atoms with Gasteiger partial charge in [-0.3, -0.25) is 18.7 Å². The Morgan fingerprint density at radius 3 is 1.93 bits per heavy atom. The molecule has 0 aliphatic rings. The predicted molar refractivity (Wildman–Crippen MR) is 160 cm³/mol. The van der Waals surface area contributed by atoms with Gasteiger partial charge in [0.1, 0.15) is 24.8 Å². The van der Waals surface area contributed by atoms with Crippen molar-refractivity contribution in [3.05, 3.63) is 29.8 Å². The van der Waals surface area contributed by atoms with Gasteiger partial charge in [0, 0.05) is 13.0 Å². The molecule has 41 heavy (non-hydrogen) atoms. The Balaban J connectivity index is 0. The molecule has 0 unspecified atom stereocenters. The molecule has 0 radical (unpaired) electrons. The van der Waals surface area contributed by atoms with Crippen LogP contribution in [0, 0.1) is 0 Å². The molecule has 0 saturated carbocycles. The number of alkyl halides is 2. The number of quaternary nitrogens is 1. The molecule has 0 heterocycles. The molecule has 0 aliphatic carbocycles. The molecule has 1 aromatic carbocycles. The van der Waals surface area contributed by atoms with Crippen LogP contribution in [0.5, 0.6) is 0 Å². The topological polar surface area (TPSA) is 237 Å². The molecule has 226 valence electrons. The maximum absolute atomic E-state index is 12.5. The van der Waals surface area contributed by atoms with Crippen molar-refractivity contribution in [2.45, 2.75) is 43.4 Å². The molecular formula is C21H37Cl2N4Na2O10P2+. The van der Waals surface area contributed by atoms with Crippen LogP contribution >= 0.6 is 38.4 Å². The van der Waals surface area contributed by atoms with Crippen molar-refractivity contribution in [1.82, 2.24) is 15.1 Å². The van der Waals surface area contributed by atoms with Crippen molar-refractivity contribution in [1.29, 1.82) is 0 Å². The van der Waals surface area contributed by atoms with Gasteiger partial charge in [0.2, 0.25) is 11.8 Å². The maximum atomic E-state index is 12.5. The molecule has 0 aromatic heterocycles. The zero-order chi connectivity index (χ0) is 30.1. The van der Waals surface area contributed by atoms with E-state index in [-0.39, 0.29) is 94.7 Å². The van der Waals surface area contributed by atoms with Crippen LogP contribution in [-0.4, -0.2) is 151 Å². The molecular weight excluding hydrogens is 647 g/mol. The third-order valence-electron chi connectivity index (χ3n) is 6.09. The van der Waals surface area contributed by atoms with Gasteiger partial charge in [0.15, 0.2) is 0 Å². The van der Waals surface area contributed by atoms with Gasteiger partial charge in [-0.05, 0) is 37.5 Å². The Labute approximate surface area is 292 Å². The van der Waals surface area contributed by atoms with Gasteiger partial charge in [-0.25, -0.2) is 9.28 Å². The number of hydrogen-bond donors (Lipinski definition) is 8. The molecule has 14 nitrogen and oxygen atoms in total. The third-order valence-corrected chi connectivity index (χ3v) is 10.3. The molecule has 20 heteroatoms. The molecule has 0 fully saturated rings. The predicted octanol–water partition coefficient (Wildman–Crippen LogP) is -1.40. The van der Waals surface area contributed by atoms with Crippen LogP contribution < -0.4 is 20.9 Å². The summed E-state index contributed by atoms with van der Waals surface area (Å²) in [5.41, 5.74) is 7.36. The summed E-state index contributed by atoms with van der Waals surface area (Å²) in [5, 5.41) is 11.0. The molecule has 0 aliphatic heterocycles. The number of nitrogens with one attached hydrogen (secondary N) is 2. The number of nitrogens with two attached hydrogens (primary N) is 1. The van der Waals surface area contributed by atoms with Crippen molar-refractivity contribution in [2.24, 2.45) is 5.73 Å². The molecule has 0 bridgehead atoms. The SMILES string of the molecule is C[C@H](NC(=O)[C@@H](N)Cc1ccc([N+](C=O)(CCCl)CCCl)cc1)C(=O)NCCCC(O)(P(=O)(O)O)P(=O)(O)O.[NaH].[NaH]. The molecule has 9 N–H and O–H groups in total. The van der Waals surface area contributed by atoms with E-state index in [1.165, 1.54) is 6.92 Å². The fourth-order valence-electron chi connectivity index (χ4n) is 3.65. The Morgan fingerprint density at radius 2 is 1.51 bits per heavy atom. The van der Waals surface area contributed by atoms with E-state index in [2.05, 4.69) is 10.6 Å². The van der Waals surface area contributed by atoms with E-state index in [4.69, 9.17) is 48.5 Å². The van der Waals surface area contributed by atoms with Gasteiger partial charge in [-0.2, -0.15) is 0 Å². The van der Waals surface area contributed by atoms with E-state index in [9.17, 15) is 28.6 Å². The number of hydrogen-bond acceptors (Lipinski definition) is 7. The number of nitrogens with zero attached hydrogens (tertiary/aromatic N) is 1. The Kier molecular flexibility index (Phi) is 20.5. The number of amides is 3. The summed E-state index contributed by atoms with van der Waals surface area (Å²) in [5.74, 6) is -0.840. The standard InChI is InChI=1S/C21H34Cl2N4O10P2.2Na.2H/c1-15(19(29)25-10-2-7-21(31,38(32,33)34)39(35,36)37)26-20(30)18(24)13-16-3-5-17(6-4-16)27(14-28,11-8-22)12-9-23;;;;/h3-6,14-15,18,31H,2,7-13,24H2,1H3,(H5-,25,26,29,30,32,33,34,35,36,37);;;;/p+1/t15-,18-;;;;/m0..../s1. The van der Waals surface area contributed by atoms with Crippen LogP contribution in [0.25, 0.3) is 0 Å². The third kappa shape index (κ3) is 12.5. The van der Waals surface area contributed by atoms with E-state index < -0.39 is 50.6 Å². The van der Waals surface area contributed by atoms with Crippen LogP contribution in [-0.2, 0) is 29.9 Å². The minimum atomic E-state index is -5.59. The average molecular weight is 684 g/mol. The summed E-state index contributed by atoms with van der Waals surface area (Å²) >= 11 is 11.7. The summed E-state index contributed by atoms with van der Waals surface area (Å²) in [7, 11) is -11.2. The van der Waals surface area contributed by atoms with E-state index in [0.717, 1.165) is 6.41 Å². The Hall–Kier alpha value is 0.590. The molecule has 1 rings (SSSR count). The van der Waals surface area contributed by atoms with E-state index in [1.807, 2.05) is 0 Å². The summed E-state index contributed by atoms with van der Waals surface area (Å²) < 4.78 is 22.7. The second-order valence-corrected chi connectivity index (χ2v) is 13.7. The monoisotopic (exact) mass is 683 g/mol. The fraction of sp³-hybridized carbons (Fsp3) is 0.571. The molecule has 3 amide bonds. The summed E-state index contributed by atoms with van der Waals surface area (Å²) in [6.45, 7) is 1.77. The van der Waals surface area contributed by atoms with Gasteiger partial charge in [0.25, 0.3) is 5.08 Å². The van der Waals surface area contributed by atoms with Crippen molar-refractivity contribution >= 4 is 121 Å². The van der Waals surface area contributed by atoms with Crippen LogP contribution in [0.2, 0.25) is 0 Å². The number of aliphatic hydroxyl groups is 1. The van der Waals surface area contributed by atoms with Crippen molar-refractivity contribution in [3.63, 3.8) is 0 Å². The first-order valence-corrected chi connectivity index (χ1v) is 16.0. The van der Waals surface area contributed by atoms with Gasteiger partial charge in [0.05, 0.1) is 17.8 Å². The summed E-state index contributed by atoms with van der Waals surface area (Å²) in [4.78, 5) is 73.1. The summed E-state index contributed by atoms with van der Waals surface area (Å²) in [6, 6.07) is 4.79. The second kappa shape index (κ2) is 19.2. The first-order chi connectivity index (χ1) is 18.0. The van der Waals surface area contributed by atoms with E-state index >= 15 is 0 Å². The Bertz CT molecular complexity index is 1070. The second-order valence-electron chi connectivity index (χ2n) is 8.93. The number of benzene rings is 1. The van der Waals surface area contributed by atoms with Gasteiger partial charge in [-0.15, -0.1) is 23.2 Å². The number of halogens is 2. The van der Waals surface area contributed by atoms with E-state index in [0.29, 0.717) is 24.3 Å². The van der Waals surface area contributed by atoms with Gasteiger partial charge < -0.3 is 41.0 Å². The van der Waals surface area contributed by atoms with Crippen molar-refractivity contribution in [3.8, 4) is 0 Å². The normalized spacial score (nSPS) is 13.7. The number of rotatable bonds is 17. The zero-order valence-corrected chi connectivity index (χ0v) is 24.5. The van der Waals surface area contributed by atoms with Crippen LogP contribution in [0.1, 0.15) is 25.3 Å². The van der Waals surface area contributed by atoms with Crippen LogP contribution in [0.3, 0.4) is 0 Å². The molecule has 1 aromatic rings. The summed E-state index contributed by atoms with van der Waals surface area (Å²) in [6.07, 6.45) is -0.470. The van der Waals surface area contributed by atoms with Crippen molar-refractivity contribution < 1.29 is 48.2 Å². The number of carbonyl (C=O) groups is 3. The molecule has 0 saturated heterocycles.